The van der Waals surface area contributed by atoms with Gasteiger partial charge in [0.05, 0.1) is 0 Å². The van der Waals surface area contributed by atoms with Crippen molar-refractivity contribution in [2.75, 3.05) is 51.6 Å². The molecule has 2 saturated heterocycles. The maximum Gasteiger partial charge on any atom is 0.320 e. The number of carbonyl (C=O) groups is 2. The molecule has 0 radical (unpaired) electrons. The zero-order valence-corrected chi connectivity index (χ0v) is 20.5. The summed E-state index contributed by atoms with van der Waals surface area (Å²) < 4.78 is 0. The van der Waals surface area contributed by atoms with Crippen molar-refractivity contribution in [3.8, 4) is 0 Å². The molecule has 2 aromatic carbocycles. The highest BCUT2D eigenvalue weighted by Crippen LogP contribution is 2.23. The van der Waals surface area contributed by atoms with Crippen LogP contribution in [0.2, 0.25) is 5.02 Å². The standard InChI is InChI=1S/C26H34ClN5O2/c1-30-14-5-15-31(19-18-30)23-12-16-32(17-13-23)25(33)24(20-6-3-2-4-7-20)29-26(34)28-22-10-8-21(27)9-11-22/h2-4,6-11,23-24H,5,12-19H2,1H3,(H2,28,29,34)/t24-/m1/s1. The van der Waals surface area contributed by atoms with Crippen molar-refractivity contribution in [3.63, 3.8) is 0 Å². The molecular weight excluding hydrogens is 450 g/mol. The molecule has 0 bridgehead atoms. The Kier molecular flexibility index (Phi) is 8.43. The molecule has 2 heterocycles. The molecule has 0 aromatic heterocycles. The summed E-state index contributed by atoms with van der Waals surface area (Å²) in [5, 5.41) is 6.28. The fourth-order valence-corrected chi connectivity index (χ4v) is 4.96. The zero-order valence-electron chi connectivity index (χ0n) is 19.8. The third-order valence-corrected chi connectivity index (χ3v) is 7.06. The third kappa shape index (κ3) is 6.50. The van der Waals surface area contributed by atoms with Crippen LogP contribution < -0.4 is 10.6 Å². The van der Waals surface area contributed by atoms with E-state index in [-0.39, 0.29) is 5.91 Å². The molecule has 34 heavy (non-hydrogen) atoms. The van der Waals surface area contributed by atoms with Gasteiger partial charge in [-0.2, -0.15) is 0 Å². The van der Waals surface area contributed by atoms with Gasteiger partial charge in [-0.1, -0.05) is 41.9 Å². The Bertz CT molecular complexity index is 947. The van der Waals surface area contributed by atoms with Gasteiger partial charge in [0.2, 0.25) is 5.91 Å². The number of urea groups is 1. The summed E-state index contributed by atoms with van der Waals surface area (Å²) in [6.07, 6.45) is 3.13. The summed E-state index contributed by atoms with van der Waals surface area (Å²) in [5.74, 6) is -0.0634. The number of hydrogen-bond donors (Lipinski definition) is 2. The number of nitrogens with one attached hydrogen (secondary N) is 2. The average molecular weight is 484 g/mol. The highest BCUT2D eigenvalue weighted by Gasteiger charge is 2.32. The number of amides is 3. The molecule has 2 aliphatic rings. The minimum atomic E-state index is -0.739. The molecule has 0 unspecified atom stereocenters. The average Bonchev–Trinajstić information content (AvgIpc) is 3.08. The van der Waals surface area contributed by atoms with E-state index in [1.807, 2.05) is 35.2 Å². The second kappa shape index (κ2) is 11.7. The lowest BCUT2D eigenvalue weighted by atomic mass is 10.00. The number of likely N-dealkylation sites (tertiary alicyclic amines) is 1. The number of nitrogens with zero attached hydrogens (tertiary/aromatic N) is 3. The van der Waals surface area contributed by atoms with E-state index in [0.717, 1.165) is 44.6 Å². The molecular formula is C26H34ClN5O2. The molecule has 2 aliphatic heterocycles. The van der Waals surface area contributed by atoms with E-state index in [1.54, 1.807) is 24.3 Å². The van der Waals surface area contributed by atoms with E-state index in [0.29, 0.717) is 29.8 Å². The van der Waals surface area contributed by atoms with E-state index < -0.39 is 12.1 Å². The molecule has 0 aliphatic carbocycles. The summed E-state index contributed by atoms with van der Waals surface area (Å²) in [4.78, 5) is 33.2. The molecule has 4 rings (SSSR count). The van der Waals surface area contributed by atoms with Crippen LogP contribution in [-0.2, 0) is 4.79 Å². The summed E-state index contributed by atoms with van der Waals surface area (Å²) in [6, 6.07) is 15.7. The summed E-state index contributed by atoms with van der Waals surface area (Å²) in [5.41, 5.74) is 1.39. The molecule has 182 valence electrons. The quantitative estimate of drug-likeness (QED) is 0.678. The van der Waals surface area contributed by atoms with Crippen molar-refractivity contribution in [2.24, 2.45) is 0 Å². The number of anilines is 1. The fourth-order valence-electron chi connectivity index (χ4n) is 4.83. The number of benzene rings is 2. The van der Waals surface area contributed by atoms with Gasteiger partial charge in [0.1, 0.15) is 6.04 Å². The zero-order chi connectivity index (χ0) is 23.9. The molecule has 3 amide bonds. The van der Waals surface area contributed by atoms with Gasteiger partial charge in [0, 0.05) is 42.9 Å². The summed E-state index contributed by atoms with van der Waals surface area (Å²) >= 11 is 5.93. The van der Waals surface area contributed by atoms with Crippen LogP contribution in [0.1, 0.15) is 30.9 Å². The first kappa shape index (κ1) is 24.5. The number of carbonyl (C=O) groups excluding carboxylic acids is 2. The van der Waals surface area contributed by atoms with Crippen LogP contribution in [0.3, 0.4) is 0 Å². The van der Waals surface area contributed by atoms with Crippen LogP contribution in [0, 0.1) is 0 Å². The first-order valence-electron chi connectivity index (χ1n) is 12.1. The molecule has 8 heteroatoms. The molecule has 2 aromatic rings. The van der Waals surface area contributed by atoms with Crippen LogP contribution in [-0.4, -0.2) is 79.0 Å². The first-order valence-corrected chi connectivity index (χ1v) is 12.5. The molecule has 1 atom stereocenters. The smallest absolute Gasteiger partial charge is 0.320 e. The van der Waals surface area contributed by atoms with Crippen molar-refractivity contribution in [1.82, 2.24) is 20.0 Å². The fraction of sp³-hybridized carbons (Fsp3) is 0.462. The van der Waals surface area contributed by atoms with Gasteiger partial charge >= 0.3 is 6.03 Å². The molecule has 7 nitrogen and oxygen atoms in total. The maximum absolute atomic E-state index is 13.6. The van der Waals surface area contributed by atoms with Gasteiger partial charge in [-0.25, -0.2) is 4.79 Å². The second-order valence-corrected chi connectivity index (χ2v) is 9.63. The van der Waals surface area contributed by atoms with E-state index in [9.17, 15) is 9.59 Å². The molecule has 2 N–H and O–H groups in total. The van der Waals surface area contributed by atoms with E-state index in [2.05, 4.69) is 27.5 Å². The topological polar surface area (TPSA) is 67.9 Å². The van der Waals surface area contributed by atoms with E-state index >= 15 is 0 Å². The lowest BCUT2D eigenvalue weighted by molar-refractivity contribution is -0.135. The predicted molar refractivity (Wildman–Crippen MR) is 136 cm³/mol. The van der Waals surface area contributed by atoms with E-state index in [1.165, 1.54) is 6.42 Å². The van der Waals surface area contributed by atoms with Gasteiger partial charge in [0.15, 0.2) is 0 Å². The Morgan fingerprint density at radius 1 is 0.912 bits per heavy atom. The molecule has 0 saturated carbocycles. The third-order valence-electron chi connectivity index (χ3n) is 6.80. The van der Waals surface area contributed by atoms with Crippen LogP contribution >= 0.6 is 11.6 Å². The van der Waals surface area contributed by atoms with Crippen LogP contribution in [0.25, 0.3) is 0 Å². The van der Waals surface area contributed by atoms with Gasteiger partial charge in [-0.3, -0.25) is 9.69 Å². The Hall–Kier alpha value is -2.61. The van der Waals surface area contributed by atoms with E-state index in [4.69, 9.17) is 11.6 Å². The number of piperidine rings is 1. The van der Waals surface area contributed by atoms with Gasteiger partial charge in [-0.05, 0) is 69.2 Å². The summed E-state index contributed by atoms with van der Waals surface area (Å²) in [6.45, 7) is 5.88. The normalized spacial score (nSPS) is 19.3. The van der Waals surface area contributed by atoms with Gasteiger partial charge in [0.25, 0.3) is 0 Å². The van der Waals surface area contributed by atoms with Crippen LogP contribution in [0.15, 0.2) is 54.6 Å². The van der Waals surface area contributed by atoms with Crippen molar-refractivity contribution < 1.29 is 9.59 Å². The lowest BCUT2D eigenvalue weighted by Crippen LogP contribution is -2.51. The Morgan fingerprint density at radius 2 is 1.62 bits per heavy atom. The van der Waals surface area contributed by atoms with Gasteiger partial charge in [-0.15, -0.1) is 0 Å². The first-order chi connectivity index (χ1) is 16.5. The Balaban J connectivity index is 1.39. The van der Waals surface area contributed by atoms with Gasteiger partial charge < -0.3 is 20.4 Å². The second-order valence-electron chi connectivity index (χ2n) is 9.20. The highest BCUT2D eigenvalue weighted by atomic mass is 35.5. The number of halogens is 1. The number of rotatable bonds is 5. The lowest BCUT2D eigenvalue weighted by Gasteiger charge is -2.39. The Labute approximate surface area is 207 Å². The number of hydrogen-bond acceptors (Lipinski definition) is 4. The monoisotopic (exact) mass is 483 g/mol. The van der Waals surface area contributed by atoms with Crippen LogP contribution in [0.4, 0.5) is 10.5 Å². The van der Waals surface area contributed by atoms with Crippen molar-refractivity contribution in [3.05, 3.63) is 65.2 Å². The van der Waals surface area contributed by atoms with Crippen molar-refractivity contribution in [2.45, 2.75) is 31.3 Å². The molecule has 0 spiro atoms. The highest BCUT2D eigenvalue weighted by molar-refractivity contribution is 6.30. The van der Waals surface area contributed by atoms with Crippen molar-refractivity contribution in [1.29, 1.82) is 0 Å². The summed E-state index contributed by atoms with van der Waals surface area (Å²) in [7, 11) is 2.19. The van der Waals surface area contributed by atoms with Crippen LogP contribution in [0.5, 0.6) is 0 Å². The Morgan fingerprint density at radius 3 is 2.32 bits per heavy atom. The SMILES string of the molecule is CN1CCCN(C2CCN(C(=O)[C@H](NC(=O)Nc3ccc(Cl)cc3)c3ccccc3)CC2)CC1. The van der Waals surface area contributed by atoms with Crippen molar-refractivity contribution >= 4 is 29.2 Å². The maximum atomic E-state index is 13.6. The minimum absolute atomic E-state index is 0.0634. The number of likely N-dealkylation sites (N-methyl/N-ethyl adjacent to an activating group) is 1. The predicted octanol–water partition coefficient (Wildman–Crippen LogP) is 3.83. The minimum Gasteiger partial charge on any atom is -0.340 e. The largest absolute Gasteiger partial charge is 0.340 e. The molecule has 2 fully saturated rings.